The van der Waals surface area contributed by atoms with Gasteiger partial charge in [0, 0.05) is 5.39 Å². The third-order valence-corrected chi connectivity index (χ3v) is 3.50. The predicted octanol–water partition coefficient (Wildman–Crippen LogP) is 4.84. The van der Waals surface area contributed by atoms with Gasteiger partial charge in [-0.15, -0.1) is 0 Å². The highest BCUT2D eigenvalue weighted by Gasteiger charge is 2.12. The molecule has 2 aromatic rings. The van der Waals surface area contributed by atoms with E-state index in [1.54, 1.807) is 0 Å². The van der Waals surface area contributed by atoms with Crippen molar-refractivity contribution in [2.75, 3.05) is 0 Å². The van der Waals surface area contributed by atoms with Crippen LogP contribution in [0.15, 0.2) is 36.4 Å². The highest BCUT2D eigenvalue weighted by molar-refractivity contribution is 5.91. The molecule has 1 heteroatoms. The largest absolute Gasteiger partial charge is 0.507 e. The standard InChI is InChI=1S/C16H20O/c1-3-7-12(4-2)13-10-11-16(17)15-9-6-5-8-14(13)15/h5-6,8-12,17H,3-4,7H2,1-2H3. The molecule has 2 rings (SSSR count). The van der Waals surface area contributed by atoms with Crippen LogP contribution < -0.4 is 0 Å². The van der Waals surface area contributed by atoms with Crippen LogP contribution in [-0.4, -0.2) is 5.11 Å². The average molecular weight is 228 g/mol. The molecule has 0 fully saturated rings. The van der Waals surface area contributed by atoms with E-state index in [1.807, 2.05) is 24.3 Å². The van der Waals surface area contributed by atoms with Crippen molar-refractivity contribution in [1.82, 2.24) is 0 Å². The molecule has 90 valence electrons. The number of hydrogen-bond acceptors (Lipinski definition) is 1. The Morgan fingerprint density at radius 2 is 1.71 bits per heavy atom. The minimum atomic E-state index is 0.385. The number of phenols is 1. The van der Waals surface area contributed by atoms with Crippen LogP contribution in [0.3, 0.4) is 0 Å². The van der Waals surface area contributed by atoms with Gasteiger partial charge in [-0.05, 0) is 35.8 Å². The molecule has 1 unspecified atom stereocenters. The second-order valence-electron chi connectivity index (χ2n) is 4.61. The molecule has 0 amide bonds. The van der Waals surface area contributed by atoms with E-state index in [1.165, 1.54) is 23.8 Å². The van der Waals surface area contributed by atoms with Crippen LogP contribution in [0.25, 0.3) is 10.8 Å². The van der Waals surface area contributed by atoms with Crippen LogP contribution >= 0.6 is 0 Å². The maximum atomic E-state index is 9.88. The van der Waals surface area contributed by atoms with Crippen molar-refractivity contribution in [1.29, 1.82) is 0 Å². The van der Waals surface area contributed by atoms with Crippen molar-refractivity contribution in [3.63, 3.8) is 0 Å². The summed E-state index contributed by atoms with van der Waals surface area (Å²) in [5, 5.41) is 12.1. The zero-order valence-electron chi connectivity index (χ0n) is 10.6. The van der Waals surface area contributed by atoms with E-state index < -0.39 is 0 Å². The maximum Gasteiger partial charge on any atom is 0.123 e. The van der Waals surface area contributed by atoms with Gasteiger partial charge in [0.05, 0.1) is 0 Å². The minimum Gasteiger partial charge on any atom is -0.507 e. The summed E-state index contributed by atoms with van der Waals surface area (Å²) in [5.41, 5.74) is 1.38. The normalized spacial score (nSPS) is 12.8. The number of aromatic hydroxyl groups is 1. The topological polar surface area (TPSA) is 20.2 Å². The van der Waals surface area contributed by atoms with E-state index in [-0.39, 0.29) is 0 Å². The van der Waals surface area contributed by atoms with E-state index in [0.29, 0.717) is 11.7 Å². The summed E-state index contributed by atoms with van der Waals surface area (Å²) in [6.07, 6.45) is 3.57. The fourth-order valence-corrected chi connectivity index (χ4v) is 2.59. The highest BCUT2D eigenvalue weighted by atomic mass is 16.3. The molecule has 0 saturated carbocycles. The summed E-state index contributed by atoms with van der Waals surface area (Å²) in [6, 6.07) is 12.0. The molecular formula is C16H20O. The van der Waals surface area contributed by atoms with E-state index >= 15 is 0 Å². The van der Waals surface area contributed by atoms with Gasteiger partial charge in [0.1, 0.15) is 5.75 Å². The first kappa shape index (κ1) is 12.0. The van der Waals surface area contributed by atoms with Gasteiger partial charge in [-0.2, -0.15) is 0 Å². The van der Waals surface area contributed by atoms with Crippen molar-refractivity contribution < 1.29 is 5.11 Å². The van der Waals surface area contributed by atoms with Gasteiger partial charge in [0.15, 0.2) is 0 Å². The molecule has 0 aromatic heterocycles. The van der Waals surface area contributed by atoms with E-state index in [4.69, 9.17) is 0 Å². The Morgan fingerprint density at radius 1 is 1.00 bits per heavy atom. The van der Waals surface area contributed by atoms with Gasteiger partial charge in [-0.3, -0.25) is 0 Å². The van der Waals surface area contributed by atoms with Crippen molar-refractivity contribution in [2.45, 2.75) is 39.0 Å². The zero-order chi connectivity index (χ0) is 12.3. The molecule has 0 spiro atoms. The monoisotopic (exact) mass is 228 g/mol. The molecule has 1 atom stereocenters. The third-order valence-electron chi connectivity index (χ3n) is 3.50. The average Bonchev–Trinajstić information content (AvgIpc) is 2.37. The van der Waals surface area contributed by atoms with Gasteiger partial charge in [-0.25, -0.2) is 0 Å². The van der Waals surface area contributed by atoms with Crippen molar-refractivity contribution in [3.05, 3.63) is 42.0 Å². The first-order chi connectivity index (χ1) is 8.27. The number of fused-ring (bicyclic) bond motifs is 1. The van der Waals surface area contributed by atoms with Crippen LogP contribution in [-0.2, 0) is 0 Å². The van der Waals surface area contributed by atoms with Crippen LogP contribution in [0.5, 0.6) is 5.75 Å². The molecule has 0 bridgehead atoms. The zero-order valence-corrected chi connectivity index (χ0v) is 10.6. The summed E-state index contributed by atoms with van der Waals surface area (Å²) < 4.78 is 0. The molecule has 0 radical (unpaired) electrons. The van der Waals surface area contributed by atoms with Gasteiger partial charge >= 0.3 is 0 Å². The molecule has 1 N–H and O–H groups in total. The molecule has 2 aromatic carbocycles. The van der Waals surface area contributed by atoms with Crippen LogP contribution in [0.4, 0.5) is 0 Å². The number of rotatable bonds is 4. The second kappa shape index (κ2) is 5.22. The van der Waals surface area contributed by atoms with Crippen molar-refractivity contribution in [3.8, 4) is 5.75 Å². The van der Waals surface area contributed by atoms with Crippen molar-refractivity contribution >= 4 is 10.8 Å². The summed E-state index contributed by atoms with van der Waals surface area (Å²) in [5.74, 6) is 0.987. The maximum absolute atomic E-state index is 9.88. The Labute approximate surface area is 103 Å². The fraction of sp³-hybridized carbons (Fsp3) is 0.375. The first-order valence-corrected chi connectivity index (χ1v) is 6.48. The van der Waals surface area contributed by atoms with E-state index in [2.05, 4.69) is 26.0 Å². The van der Waals surface area contributed by atoms with Crippen LogP contribution in [0.2, 0.25) is 0 Å². The molecule has 0 heterocycles. The van der Waals surface area contributed by atoms with Crippen LogP contribution in [0, 0.1) is 0 Å². The smallest absolute Gasteiger partial charge is 0.123 e. The van der Waals surface area contributed by atoms with Crippen LogP contribution in [0.1, 0.15) is 44.6 Å². The van der Waals surface area contributed by atoms with Gasteiger partial charge in [0.25, 0.3) is 0 Å². The lowest BCUT2D eigenvalue weighted by molar-refractivity contribution is 0.481. The number of phenolic OH excluding ortho intramolecular Hbond substituents is 1. The Bertz CT molecular complexity index is 502. The summed E-state index contributed by atoms with van der Waals surface area (Å²) in [4.78, 5) is 0. The Balaban J connectivity index is 2.57. The molecule has 0 aliphatic heterocycles. The fourth-order valence-electron chi connectivity index (χ4n) is 2.59. The molecule has 0 aliphatic carbocycles. The third kappa shape index (κ3) is 2.28. The Kier molecular flexibility index (Phi) is 3.68. The van der Waals surface area contributed by atoms with E-state index in [0.717, 1.165) is 11.8 Å². The minimum absolute atomic E-state index is 0.385. The summed E-state index contributed by atoms with van der Waals surface area (Å²) >= 11 is 0. The lowest BCUT2D eigenvalue weighted by atomic mass is 9.88. The predicted molar refractivity (Wildman–Crippen MR) is 73.6 cm³/mol. The summed E-state index contributed by atoms with van der Waals surface area (Å²) in [7, 11) is 0. The highest BCUT2D eigenvalue weighted by Crippen LogP contribution is 2.34. The second-order valence-corrected chi connectivity index (χ2v) is 4.61. The van der Waals surface area contributed by atoms with Gasteiger partial charge in [0.2, 0.25) is 0 Å². The molecule has 0 saturated heterocycles. The Hall–Kier alpha value is -1.50. The molecule has 0 aliphatic rings. The van der Waals surface area contributed by atoms with Gasteiger partial charge in [-0.1, -0.05) is 50.6 Å². The number of hydrogen-bond donors (Lipinski definition) is 1. The molecule has 17 heavy (non-hydrogen) atoms. The molecular weight excluding hydrogens is 208 g/mol. The quantitative estimate of drug-likeness (QED) is 0.794. The SMILES string of the molecule is CCCC(CC)c1ccc(O)c2ccccc12. The Morgan fingerprint density at radius 3 is 2.35 bits per heavy atom. The van der Waals surface area contributed by atoms with Gasteiger partial charge < -0.3 is 5.11 Å². The lowest BCUT2D eigenvalue weighted by Crippen LogP contribution is -1.98. The lowest BCUT2D eigenvalue weighted by Gasteiger charge is -2.17. The van der Waals surface area contributed by atoms with E-state index in [9.17, 15) is 5.11 Å². The molecule has 1 nitrogen and oxygen atoms in total. The summed E-state index contributed by atoms with van der Waals surface area (Å²) in [6.45, 7) is 4.47. The number of benzene rings is 2. The van der Waals surface area contributed by atoms with Crippen molar-refractivity contribution in [2.24, 2.45) is 0 Å². The first-order valence-electron chi connectivity index (χ1n) is 6.48.